The van der Waals surface area contributed by atoms with Crippen LogP contribution in [0.15, 0.2) is 48.5 Å². The van der Waals surface area contributed by atoms with Gasteiger partial charge >= 0.3 is 6.09 Å². The first-order valence-corrected chi connectivity index (χ1v) is 7.65. The number of rotatable bonds is 7. The lowest BCUT2D eigenvalue weighted by Gasteiger charge is -2.20. The number of hydrogen-bond donors (Lipinski definition) is 3. The first kappa shape index (κ1) is 18.7. The Morgan fingerprint density at radius 2 is 1.92 bits per heavy atom. The highest BCUT2D eigenvalue weighted by atomic mass is 19.1. The maximum Gasteiger partial charge on any atom is 0.407 e. The molecule has 0 heterocycles. The van der Waals surface area contributed by atoms with E-state index in [1.807, 2.05) is 30.3 Å². The highest BCUT2D eigenvalue weighted by molar-refractivity contribution is 5.67. The lowest BCUT2D eigenvalue weighted by Crippen LogP contribution is -2.35. The minimum atomic E-state index is -1.43. The van der Waals surface area contributed by atoms with Crippen molar-refractivity contribution < 1.29 is 28.9 Å². The van der Waals surface area contributed by atoms with Crippen LogP contribution in [0.25, 0.3) is 0 Å². The molecule has 1 amide bonds. The Balaban J connectivity index is 1.86. The second kappa shape index (κ2) is 9.00. The third-order valence-corrected chi connectivity index (χ3v) is 3.54. The van der Waals surface area contributed by atoms with E-state index in [9.17, 15) is 19.4 Å². The van der Waals surface area contributed by atoms with E-state index < -0.39 is 24.1 Å². The zero-order valence-electron chi connectivity index (χ0n) is 13.7. The minimum absolute atomic E-state index is 0.0864. The van der Waals surface area contributed by atoms with Gasteiger partial charge in [0.1, 0.15) is 30.4 Å². The largest absolute Gasteiger partial charge is 0.496 e. The standard InChI is InChI=1S/C18H20FNO5/c1-24-16-8-7-13(19)9-14(16)17(22)15(21)10-20-18(23)25-11-12-5-3-2-4-6-12/h2-9,15,17,21-22H,10-11H2,1H3,(H,20,23). The van der Waals surface area contributed by atoms with Crippen LogP contribution in [-0.2, 0) is 11.3 Å². The summed E-state index contributed by atoms with van der Waals surface area (Å²) in [5.41, 5.74) is 0.914. The first-order chi connectivity index (χ1) is 12.0. The number of alkyl carbamates (subject to hydrolysis) is 1. The molecule has 0 spiro atoms. The number of carbonyl (C=O) groups excluding carboxylic acids is 1. The van der Waals surface area contributed by atoms with E-state index in [0.717, 1.165) is 11.6 Å². The highest BCUT2D eigenvalue weighted by Gasteiger charge is 2.23. The van der Waals surface area contributed by atoms with Gasteiger partial charge in [0.05, 0.1) is 7.11 Å². The fourth-order valence-corrected chi connectivity index (χ4v) is 2.22. The average Bonchev–Trinajstić information content (AvgIpc) is 2.64. The maximum atomic E-state index is 13.3. The van der Waals surface area contributed by atoms with Crippen LogP contribution in [0.4, 0.5) is 9.18 Å². The van der Waals surface area contributed by atoms with Gasteiger partial charge in [-0.3, -0.25) is 0 Å². The fraction of sp³-hybridized carbons (Fsp3) is 0.278. The predicted molar refractivity (Wildman–Crippen MR) is 88.5 cm³/mol. The van der Waals surface area contributed by atoms with Crippen LogP contribution < -0.4 is 10.1 Å². The Hall–Kier alpha value is -2.64. The summed E-state index contributed by atoms with van der Waals surface area (Å²) in [6.07, 6.45) is -3.53. The summed E-state index contributed by atoms with van der Waals surface area (Å²) in [7, 11) is 1.37. The topological polar surface area (TPSA) is 88.0 Å². The Labute approximate surface area is 144 Å². The van der Waals surface area contributed by atoms with Crippen LogP contribution in [0.5, 0.6) is 5.75 Å². The molecule has 2 unspecified atom stereocenters. The van der Waals surface area contributed by atoms with E-state index in [2.05, 4.69) is 5.32 Å². The number of amides is 1. The minimum Gasteiger partial charge on any atom is -0.496 e. The zero-order chi connectivity index (χ0) is 18.2. The molecule has 25 heavy (non-hydrogen) atoms. The van der Waals surface area contributed by atoms with Gasteiger partial charge in [-0.2, -0.15) is 0 Å². The Morgan fingerprint density at radius 1 is 1.20 bits per heavy atom. The maximum absolute atomic E-state index is 13.3. The molecule has 2 aromatic carbocycles. The molecule has 0 aliphatic rings. The van der Waals surface area contributed by atoms with Gasteiger partial charge in [-0.1, -0.05) is 30.3 Å². The Bertz CT molecular complexity index is 695. The summed E-state index contributed by atoms with van der Waals surface area (Å²) in [6.45, 7) is -0.183. The molecule has 7 heteroatoms. The van der Waals surface area contributed by atoms with Crippen LogP contribution in [0, 0.1) is 5.82 Å². The molecule has 2 rings (SSSR count). The number of methoxy groups -OCH3 is 1. The molecule has 2 atom stereocenters. The second-order valence-corrected chi connectivity index (χ2v) is 5.34. The Morgan fingerprint density at radius 3 is 2.60 bits per heavy atom. The summed E-state index contributed by atoms with van der Waals surface area (Å²) in [5, 5.41) is 22.5. The van der Waals surface area contributed by atoms with Crippen molar-refractivity contribution in [2.45, 2.75) is 18.8 Å². The van der Waals surface area contributed by atoms with Crippen molar-refractivity contribution in [3.63, 3.8) is 0 Å². The van der Waals surface area contributed by atoms with Gasteiger partial charge in [0.15, 0.2) is 0 Å². The van der Waals surface area contributed by atoms with E-state index in [1.54, 1.807) is 0 Å². The van der Waals surface area contributed by atoms with Gasteiger partial charge < -0.3 is 25.0 Å². The molecule has 0 aromatic heterocycles. The lowest BCUT2D eigenvalue weighted by molar-refractivity contribution is 0.0169. The normalized spacial score (nSPS) is 13.0. The number of carbonyl (C=O) groups is 1. The molecule has 3 N–H and O–H groups in total. The van der Waals surface area contributed by atoms with Crippen molar-refractivity contribution in [1.29, 1.82) is 0 Å². The molecule has 6 nitrogen and oxygen atoms in total. The third-order valence-electron chi connectivity index (χ3n) is 3.54. The van der Waals surface area contributed by atoms with Crippen LogP contribution in [0.1, 0.15) is 17.2 Å². The van der Waals surface area contributed by atoms with Crippen LogP contribution >= 0.6 is 0 Å². The van der Waals surface area contributed by atoms with E-state index in [0.29, 0.717) is 0 Å². The first-order valence-electron chi connectivity index (χ1n) is 7.65. The summed E-state index contributed by atoms with van der Waals surface area (Å²) in [6, 6.07) is 12.7. The van der Waals surface area contributed by atoms with Gasteiger partial charge in [-0.05, 0) is 23.8 Å². The highest BCUT2D eigenvalue weighted by Crippen LogP contribution is 2.28. The molecule has 0 saturated carbocycles. The number of hydrogen-bond acceptors (Lipinski definition) is 5. The summed E-state index contributed by atoms with van der Waals surface area (Å²) in [5.74, 6) is -0.336. The van der Waals surface area contributed by atoms with Crippen molar-refractivity contribution in [3.05, 3.63) is 65.5 Å². The van der Waals surface area contributed by atoms with Crippen LogP contribution in [0.3, 0.4) is 0 Å². The van der Waals surface area contributed by atoms with Crippen LogP contribution in [0.2, 0.25) is 0 Å². The summed E-state index contributed by atoms with van der Waals surface area (Å²) >= 11 is 0. The van der Waals surface area contributed by atoms with Gasteiger partial charge in [-0.15, -0.1) is 0 Å². The number of nitrogens with one attached hydrogen (secondary N) is 1. The fourth-order valence-electron chi connectivity index (χ4n) is 2.22. The van der Waals surface area contributed by atoms with E-state index >= 15 is 0 Å². The SMILES string of the molecule is COc1ccc(F)cc1C(O)C(O)CNC(=O)OCc1ccccc1. The summed E-state index contributed by atoms with van der Waals surface area (Å²) in [4.78, 5) is 11.6. The molecule has 0 saturated heterocycles. The number of benzene rings is 2. The number of aliphatic hydroxyl groups is 2. The van der Waals surface area contributed by atoms with Gasteiger partial charge in [0, 0.05) is 12.1 Å². The van der Waals surface area contributed by atoms with Crippen molar-refractivity contribution in [2.75, 3.05) is 13.7 Å². The monoisotopic (exact) mass is 349 g/mol. The van der Waals surface area contributed by atoms with Crippen molar-refractivity contribution in [3.8, 4) is 5.75 Å². The van der Waals surface area contributed by atoms with Crippen molar-refractivity contribution >= 4 is 6.09 Å². The molecule has 2 aromatic rings. The van der Waals surface area contributed by atoms with Crippen molar-refractivity contribution in [1.82, 2.24) is 5.32 Å². The van der Waals surface area contributed by atoms with Crippen molar-refractivity contribution in [2.24, 2.45) is 0 Å². The molecule has 0 bridgehead atoms. The molecule has 0 fully saturated rings. The molecule has 0 radical (unpaired) electrons. The average molecular weight is 349 g/mol. The van der Waals surface area contributed by atoms with Gasteiger partial charge in [0.25, 0.3) is 0 Å². The third kappa shape index (κ3) is 5.44. The molecule has 0 aliphatic heterocycles. The van der Waals surface area contributed by atoms with Gasteiger partial charge in [0.2, 0.25) is 0 Å². The van der Waals surface area contributed by atoms with Gasteiger partial charge in [-0.25, -0.2) is 9.18 Å². The lowest BCUT2D eigenvalue weighted by atomic mass is 10.0. The van der Waals surface area contributed by atoms with E-state index in [4.69, 9.17) is 9.47 Å². The number of ether oxygens (including phenoxy) is 2. The quantitative estimate of drug-likeness (QED) is 0.713. The van der Waals surface area contributed by atoms with E-state index in [1.165, 1.54) is 19.2 Å². The number of halogens is 1. The smallest absolute Gasteiger partial charge is 0.407 e. The predicted octanol–water partition coefficient (Wildman–Crippen LogP) is 2.16. The van der Waals surface area contributed by atoms with Crippen LogP contribution in [-0.4, -0.2) is 36.1 Å². The molecule has 134 valence electrons. The Kier molecular flexibility index (Phi) is 6.73. The molecule has 0 aliphatic carbocycles. The second-order valence-electron chi connectivity index (χ2n) is 5.34. The molecular formula is C18H20FNO5. The molecular weight excluding hydrogens is 329 g/mol. The number of aliphatic hydroxyl groups excluding tert-OH is 2. The van der Waals surface area contributed by atoms with E-state index in [-0.39, 0.29) is 24.5 Å². The zero-order valence-corrected chi connectivity index (χ0v) is 13.7. The summed E-state index contributed by atoms with van der Waals surface area (Å²) < 4.78 is 23.4.